The van der Waals surface area contributed by atoms with Gasteiger partial charge in [-0.05, 0) is 26.3 Å². The third kappa shape index (κ3) is 5.34. The van der Waals surface area contributed by atoms with E-state index in [0.717, 1.165) is 0 Å². The van der Waals surface area contributed by atoms with E-state index in [2.05, 4.69) is 10.4 Å². The molecule has 0 atom stereocenters. The molecule has 170 valence electrons. The van der Waals surface area contributed by atoms with Crippen molar-refractivity contribution in [2.75, 3.05) is 5.32 Å². The molecule has 0 aliphatic rings. The Balaban J connectivity index is 2.38. The Morgan fingerprint density at radius 2 is 1.84 bits per heavy atom. The van der Waals surface area contributed by atoms with Crippen LogP contribution in [-0.2, 0) is 16.1 Å². The molecule has 8 nitrogen and oxygen atoms in total. The zero-order chi connectivity index (χ0) is 23.6. The number of amides is 2. The number of alkyl halides is 4. The number of ether oxygens (including phenoxy) is 1. The van der Waals surface area contributed by atoms with E-state index in [0.29, 0.717) is 16.0 Å². The molecule has 0 aliphatic carbocycles. The van der Waals surface area contributed by atoms with Crippen molar-refractivity contribution in [3.05, 3.63) is 32.4 Å². The Bertz CT molecular complexity index is 1020. The summed E-state index contributed by atoms with van der Waals surface area (Å²) in [5.74, 6) is -2.69. The van der Waals surface area contributed by atoms with Gasteiger partial charge in [0.25, 0.3) is 18.8 Å². The molecule has 3 N–H and O–H groups in total. The summed E-state index contributed by atoms with van der Waals surface area (Å²) in [6.45, 7) is 3.68. The summed E-state index contributed by atoms with van der Waals surface area (Å²) in [6.07, 6.45) is -7.02. The van der Waals surface area contributed by atoms with Gasteiger partial charge in [0.15, 0.2) is 0 Å². The van der Waals surface area contributed by atoms with Crippen LogP contribution in [0, 0.1) is 6.92 Å². The normalized spacial score (nSPS) is 11.5. The van der Waals surface area contributed by atoms with E-state index in [1.165, 1.54) is 6.92 Å². The van der Waals surface area contributed by atoms with Crippen LogP contribution >= 0.6 is 22.9 Å². The number of anilines is 1. The minimum absolute atomic E-state index is 0.0265. The van der Waals surface area contributed by atoms with Crippen molar-refractivity contribution in [3.63, 3.8) is 0 Å². The molecule has 0 fully saturated rings. The highest BCUT2D eigenvalue weighted by Gasteiger charge is 2.30. The van der Waals surface area contributed by atoms with Crippen LogP contribution in [0.5, 0.6) is 0 Å². The first-order valence-electron chi connectivity index (χ1n) is 8.61. The van der Waals surface area contributed by atoms with E-state index in [1.807, 2.05) is 0 Å². The number of nitrogens with two attached hydrogens (primary N) is 1. The summed E-state index contributed by atoms with van der Waals surface area (Å²) in [7, 11) is 0. The number of hydrogen-bond acceptors (Lipinski definition) is 6. The van der Waals surface area contributed by atoms with Gasteiger partial charge in [-0.1, -0.05) is 11.6 Å². The van der Waals surface area contributed by atoms with Crippen LogP contribution in [0.15, 0.2) is 0 Å². The quantitative estimate of drug-likeness (QED) is 0.432. The van der Waals surface area contributed by atoms with Gasteiger partial charge in [0.05, 0.1) is 21.6 Å². The van der Waals surface area contributed by atoms with Gasteiger partial charge in [-0.15, -0.1) is 11.3 Å². The number of nitrogens with one attached hydrogen (secondary N) is 1. The van der Waals surface area contributed by atoms with Gasteiger partial charge in [0, 0.05) is 0 Å². The number of nitrogens with zero attached hydrogens (tertiary/aromatic N) is 2. The molecule has 0 bridgehead atoms. The monoisotopic (exact) mass is 484 g/mol. The van der Waals surface area contributed by atoms with Gasteiger partial charge in [0.1, 0.15) is 22.9 Å². The zero-order valence-corrected chi connectivity index (χ0v) is 17.9. The molecule has 2 amide bonds. The van der Waals surface area contributed by atoms with E-state index >= 15 is 0 Å². The van der Waals surface area contributed by atoms with E-state index in [1.54, 1.807) is 13.8 Å². The first kappa shape index (κ1) is 24.6. The minimum atomic E-state index is -3.28. The van der Waals surface area contributed by atoms with E-state index in [9.17, 15) is 31.9 Å². The fourth-order valence-corrected chi connectivity index (χ4v) is 3.96. The Hall–Kier alpha value is -2.67. The molecule has 0 saturated carbocycles. The second kappa shape index (κ2) is 9.64. The van der Waals surface area contributed by atoms with Crippen molar-refractivity contribution in [3.8, 4) is 0 Å². The van der Waals surface area contributed by atoms with Crippen molar-refractivity contribution in [1.82, 2.24) is 9.78 Å². The molecule has 0 spiro atoms. The maximum Gasteiger partial charge on any atom is 0.341 e. The topological polar surface area (TPSA) is 116 Å². The second-order valence-corrected chi connectivity index (χ2v) is 7.87. The minimum Gasteiger partial charge on any atom is -0.459 e. The Labute approximate surface area is 182 Å². The van der Waals surface area contributed by atoms with Crippen LogP contribution in [0.2, 0.25) is 5.02 Å². The number of carbonyl (C=O) groups excluding carboxylic acids is 3. The average Bonchev–Trinajstić information content (AvgIpc) is 3.11. The molecule has 0 saturated heterocycles. The highest BCUT2D eigenvalue weighted by molar-refractivity contribution is 7.18. The maximum atomic E-state index is 13.2. The predicted octanol–water partition coefficient (Wildman–Crippen LogP) is 4.08. The van der Waals surface area contributed by atoms with Crippen LogP contribution in [0.3, 0.4) is 0 Å². The number of rotatable bonds is 8. The van der Waals surface area contributed by atoms with Crippen molar-refractivity contribution in [2.45, 2.75) is 46.3 Å². The standard InChI is InChI=1S/C17H17ClF4N4O4S/c1-5(2)30-17(29)8-6(3)12(15(23)28)31-16(8)24-7(27)4-26-11(14(21)22)9(18)10(25-26)13(19)20/h5,13-14H,4H2,1-3H3,(H2,23,28)(H,24,27). The predicted molar refractivity (Wildman–Crippen MR) is 104 cm³/mol. The van der Waals surface area contributed by atoms with Crippen LogP contribution in [0.25, 0.3) is 0 Å². The Morgan fingerprint density at radius 1 is 1.23 bits per heavy atom. The van der Waals surface area contributed by atoms with Crippen LogP contribution in [0.4, 0.5) is 22.6 Å². The number of primary amides is 1. The molecular weight excluding hydrogens is 468 g/mol. The lowest BCUT2D eigenvalue weighted by molar-refractivity contribution is -0.117. The summed E-state index contributed by atoms with van der Waals surface area (Å²) in [6, 6.07) is 0. The molecule has 2 aromatic rings. The van der Waals surface area contributed by atoms with Gasteiger partial charge >= 0.3 is 5.97 Å². The second-order valence-electron chi connectivity index (χ2n) is 6.47. The summed E-state index contributed by atoms with van der Waals surface area (Å²) >= 11 is 6.23. The average molecular weight is 485 g/mol. The van der Waals surface area contributed by atoms with Crippen LogP contribution in [-0.4, -0.2) is 33.7 Å². The molecule has 31 heavy (non-hydrogen) atoms. The van der Waals surface area contributed by atoms with Gasteiger partial charge < -0.3 is 15.8 Å². The van der Waals surface area contributed by atoms with Gasteiger partial charge in [-0.3, -0.25) is 14.3 Å². The van der Waals surface area contributed by atoms with Crippen molar-refractivity contribution < 1.29 is 36.7 Å². The molecule has 0 aromatic carbocycles. The third-order valence-corrected chi connectivity index (χ3v) is 5.44. The smallest absolute Gasteiger partial charge is 0.341 e. The van der Waals surface area contributed by atoms with Gasteiger partial charge in [-0.25, -0.2) is 22.4 Å². The summed E-state index contributed by atoms with van der Waals surface area (Å²) in [5.41, 5.74) is 3.16. The summed E-state index contributed by atoms with van der Waals surface area (Å²) in [5, 5.41) is 4.52. The van der Waals surface area contributed by atoms with E-state index in [4.69, 9.17) is 22.1 Å². The Kier molecular flexibility index (Phi) is 7.65. The van der Waals surface area contributed by atoms with Crippen molar-refractivity contribution >= 4 is 45.7 Å². The molecule has 2 rings (SSSR count). The van der Waals surface area contributed by atoms with Crippen LogP contribution in [0.1, 0.15) is 63.7 Å². The SMILES string of the molecule is Cc1c(C(N)=O)sc(NC(=O)Cn2nc(C(F)F)c(Cl)c2C(F)F)c1C(=O)OC(C)C. The molecule has 2 aromatic heterocycles. The first-order valence-corrected chi connectivity index (χ1v) is 9.80. The lowest BCUT2D eigenvalue weighted by Gasteiger charge is -2.11. The summed E-state index contributed by atoms with van der Waals surface area (Å²) in [4.78, 5) is 36.4. The van der Waals surface area contributed by atoms with Gasteiger partial charge in [0.2, 0.25) is 5.91 Å². The molecule has 0 radical (unpaired) electrons. The van der Waals surface area contributed by atoms with Crippen LogP contribution < -0.4 is 11.1 Å². The lowest BCUT2D eigenvalue weighted by atomic mass is 10.1. The highest BCUT2D eigenvalue weighted by Crippen LogP contribution is 2.36. The zero-order valence-electron chi connectivity index (χ0n) is 16.3. The number of hydrogen-bond donors (Lipinski definition) is 2. The molecule has 0 aliphatic heterocycles. The number of carbonyl (C=O) groups is 3. The molecule has 14 heteroatoms. The third-order valence-electron chi connectivity index (χ3n) is 3.83. The van der Waals surface area contributed by atoms with Crippen molar-refractivity contribution in [2.24, 2.45) is 5.73 Å². The van der Waals surface area contributed by atoms with Crippen molar-refractivity contribution in [1.29, 1.82) is 0 Å². The van der Waals surface area contributed by atoms with Gasteiger partial charge in [-0.2, -0.15) is 5.10 Å². The van der Waals surface area contributed by atoms with E-state index < -0.39 is 59.7 Å². The number of aromatic nitrogens is 2. The number of thiophene rings is 1. The number of halogens is 5. The van der Waals surface area contributed by atoms with E-state index in [-0.39, 0.29) is 21.0 Å². The summed E-state index contributed by atoms with van der Waals surface area (Å²) < 4.78 is 57.8. The fraction of sp³-hybridized carbons (Fsp3) is 0.412. The Morgan fingerprint density at radius 3 is 2.32 bits per heavy atom. The molecule has 0 unspecified atom stereocenters. The highest BCUT2D eigenvalue weighted by atomic mass is 35.5. The maximum absolute atomic E-state index is 13.2. The number of esters is 1. The fourth-order valence-electron chi connectivity index (χ4n) is 2.60. The molecule has 2 heterocycles. The molecular formula is C17H17ClF4N4O4S. The largest absolute Gasteiger partial charge is 0.459 e. The first-order chi connectivity index (χ1) is 14.3. The lowest BCUT2D eigenvalue weighted by Crippen LogP contribution is -2.22.